The van der Waals surface area contributed by atoms with Crippen LogP contribution in [0.1, 0.15) is 12.0 Å². The fraction of sp³-hybridized carbons (Fsp3) is 0.368. The molecule has 1 aliphatic rings. The van der Waals surface area contributed by atoms with Crippen molar-refractivity contribution in [3.63, 3.8) is 0 Å². The van der Waals surface area contributed by atoms with Gasteiger partial charge in [0.2, 0.25) is 12.2 Å². The standard InChI is InChI=1S/C19H21FN2O5/c1-3-19(12-26-11-14-7-5-4-6-8-14)9-16(24)18(27-19)22(13-23)10-15(20)17(25)21-2/h1,4-8,10,13,16,18,24H,9,11-12H2,2H3,(H,21,25)/b15-10+. The zero-order chi connectivity index (χ0) is 19.9. The van der Waals surface area contributed by atoms with Crippen molar-refractivity contribution in [2.24, 2.45) is 0 Å². The Kier molecular flexibility index (Phi) is 7.07. The molecule has 3 unspecified atom stereocenters. The number of terminal acetylenes is 1. The Labute approximate surface area is 156 Å². The second-order valence-electron chi connectivity index (χ2n) is 6.01. The lowest BCUT2D eigenvalue weighted by Gasteiger charge is -2.26. The van der Waals surface area contributed by atoms with E-state index in [0.717, 1.165) is 10.5 Å². The molecule has 1 aromatic carbocycles. The summed E-state index contributed by atoms with van der Waals surface area (Å²) >= 11 is 0. The highest BCUT2D eigenvalue weighted by atomic mass is 19.1. The van der Waals surface area contributed by atoms with Crippen LogP contribution in [0.2, 0.25) is 0 Å². The van der Waals surface area contributed by atoms with Crippen molar-refractivity contribution in [3.8, 4) is 12.3 Å². The van der Waals surface area contributed by atoms with E-state index in [9.17, 15) is 19.1 Å². The third-order valence-corrected chi connectivity index (χ3v) is 4.05. The molecular formula is C19H21FN2O5. The Morgan fingerprint density at radius 3 is 2.85 bits per heavy atom. The van der Waals surface area contributed by atoms with Gasteiger partial charge in [-0.05, 0) is 5.56 Å². The summed E-state index contributed by atoms with van der Waals surface area (Å²) in [6.07, 6.45) is 4.02. The van der Waals surface area contributed by atoms with Crippen molar-refractivity contribution in [1.82, 2.24) is 10.2 Å². The number of carbonyl (C=O) groups excluding carboxylic acids is 2. The largest absolute Gasteiger partial charge is 0.388 e. The van der Waals surface area contributed by atoms with Gasteiger partial charge in [0.05, 0.1) is 19.4 Å². The van der Waals surface area contributed by atoms with Crippen LogP contribution in [0, 0.1) is 12.3 Å². The van der Waals surface area contributed by atoms with Crippen molar-refractivity contribution in [2.75, 3.05) is 13.7 Å². The predicted molar refractivity (Wildman–Crippen MR) is 94.3 cm³/mol. The number of hydrogen-bond acceptors (Lipinski definition) is 5. The van der Waals surface area contributed by atoms with Gasteiger partial charge in [-0.2, -0.15) is 4.39 Å². The smallest absolute Gasteiger partial charge is 0.281 e. The van der Waals surface area contributed by atoms with E-state index in [1.54, 1.807) is 0 Å². The van der Waals surface area contributed by atoms with Crippen LogP contribution in [-0.4, -0.2) is 53.9 Å². The zero-order valence-corrected chi connectivity index (χ0v) is 14.8. The number of nitrogens with one attached hydrogen (secondary N) is 1. The molecule has 2 amide bonds. The molecule has 3 atom stereocenters. The maximum absolute atomic E-state index is 13.7. The average molecular weight is 376 g/mol. The van der Waals surface area contributed by atoms with Crippen LogP contribution in [0.4, 0.5) is 4.39 Å². The quantitative estimate of drug-likeness (QED) is 0.396. The van der Waals surface area contributed by atoms with E-state index in [-0.39, 0.29) is 26.0 Å². The maximum atomic E-state index is 13.7. The lowest BCUT2D eigenvalue weighted by Crippen LogP contribution is -2.40. The van der Waals surface area contributed by atoms with Crippen molar-refractivity contribution >= 4 is 12.3 Å². The van der Waals surface area contributed by atoms with Crippen LogP contribution in [-0.2, 0) is 25.7 Å². The van der Waals surface area contributed by atoms with Gasteiger partial charge < -0.3 is 19.9 Å². The molecule has 1 saturated heterocycles. The molecule has 0 aliphatic carbocycles. The molecule has 2 rings (SSSR count). The second kappa shape index (κ2) is 9.28. The Morgan fingerprint density at radius 1 is 1.56 bits per heavy atom. The summed E-state index contributed by atoms with van der Waals surface area (Å²) in [6.45, 7) is 0.261. The molecule has 1 aromatic rings. The molecule has 144 valence electrons. The molecule has 0 radical (unpaired) electrons. The molecule has 1 aliphatic heterocycles. The van der Waals surface area contributed by atoms with Crippen LogP contribution < -0.4 is 5.32 Å². The predicted octanol–water partition coefficient (Wildman–Crippen LogP) is 0.698. The highest BCUT2D eigenvalue weighted by molar-refractivity contribution is 5.91. The van der Waals surface area contributed by atoms with E-state index in [0.29, 0.717) is 6.20 Å². The first-order valence-corrected chi connectivity index (χ1v) is 8.22. The van der Waals surface area contributed by atoms with Crippen LogP contribution >= 0.6 is 0 Å². The van der Waals surface area contributed by atoms with E-state index < -0.39 is 29.7 Å². The highest BCUT2D eigenvalue weighted by Gasteiger charge is 2.47. The summed E-state index contributed by atoms with van der Waals surface area (Å²) in [5.74, 6) is 0.227. The summed E-state index contributed by atoms with van der Waals surface area (Å²) in [7, 11) is 1.25. The summed E-state index contributed by atoms with van der Waals surface area (Å²) in [4.78, 5) is 23.3. The van der Waals surface area contributed by atoms with Crippen LogP contribution in [0.25, 0.3) is 0 Å². The minimum atomic E-state index is -1.28. The van der Waals surface area contributed by atoms with Crippen LogP contribution in [0.15, 0.2) is 42.4 Å². The SMILES string of the molecule is C#CC1(COCc2ccccc2)CC(O)C(N(C=O)/C=C(/F)C(=O)NC)O1. The molecule has 7 nitrogen and oxygen atoms in total. The van der Waals surface area contributed by atoms with E-state index in [2.05, 4.69) is 11.2 Å². The number of amides is 2. The van der Waals surface area contributed by atoms with Gasteiger partial charge in [-0.25, -0.2) is 0 Å². The Bertz CT molecular complexity index is 733. The number of carbonyl (C=O) groups is 2. The van der Waals surface area contributed by atoms with Gasteiger partial charge in [-0.1, -0.05) is 36.3 Å². The minimum Gasteiger partial charge on any atom is -0.388 e. The van der Waals surface area contributed by atoms with Gasteiger partial charge in [0, 0.05) is 13.5 Å². The Hall–Kier alpha value is -2.73. The summed E-state index contributed by atoms with van der Waals surface area (Å²) in [6, 6.07) is 9.40. The molecule has 1 fully saturated rings. The number of rotatable bonds is 8. The average Bonchev–Trinajstić information content (AvgIpc) is 3.02. The Morgan fingerprint density at radius 2 is 2.26 bits per heavy atom. The van der Waals surface area contributed by atoms with E-state index in [4.69, 9.17) is 15.9 Å². The number of nitrogens with zero attached hydrogens (tertiary/aromatic N) is 1. The maximum Gasteiger partial charge on any atom is 0.281 e. The lowest BCUT2D eigenvalue weighted by molar-refractivity contribution is -0.140. The van der Waals surface area contributed by atoms with E-state index in [1.807, 2.05) is 30.3 Å². The first-order chi connectivity index (χ1) is 12.9. The topological polar surface area (TPSA) is 88.1 Å². The third kappa shape index (κ3) is 5.14. The van der Waals surface area contributed by atoms with Gasteiger partial charge in [-0.15, -0.1) is 6.42 Å². The second-order valence-corrected chi connectivity index (χ2v) is 6.01. The normalized spacial score (nSPS) is 24.9. The van der Waals surface area contributed by atoms with Crippen molar-refractivity contribution in [3.05, 3.63) is 47.9 Å². The third-order valence-electron chi connectivity index (χ3n) is 4.05. The number of benzene rings is 1. The fourth-order valence-electron chi connectivity index (χ4n) is 2.66. The zero-order valence-electron chi connectivity index (χ0n) is 14.8. The number of ether oxygens (including phenoxy) is 2. The summed E-state index contributed by atoms with van der Waals surface area (Å²) in [5, 5.41) is 12.3. The number of likely N-dealkylation sites (N-methyl/N-ethyl adjacent to an activating group) is 1. The number of hydrogen-bond donors (Lipinski definition) is 2. The first kappa shape index (κ1) is 20.6. The fourth-order valence-corrected chi connectivity index (χ4v) is 2.66. The van der Waals surface area contributed by atoms with Gasteiger partial charge in [-0.3, -0.25) is 14.5 Å². The monoisotopic (exact) mass is 376 g/mol. The molecule has 0 spiro atoms. The van der Waals surface area contributed by atoms with Crippen molar-refractivity contribution in [1.29, 1.82) is 0 Å². The molecule has 0 bridgehead atoms. The first-order valence-electron chi connectivity index (χ1n) is 8.22. The van der Waals surface area contributed by atoms with Gasteiger partial charge >= 0.3 is 0 Å². The Balaban J connectivity index is 2.05. The number of halogens is 1. The molecular weight excluding hydrogens is 355 g/mol. The molecule has 0 saturated carbocycles. The van der Waals surface area contributed by atoms with Gasteiger partial charge in [0.25, 0.3) is 5.91 Å². The van der Waals surface area contributed by atoms with Crippen LogP contribution in [0.5, 0.6) is 0 Å². The minimum absolute atomic E-state index is 0.0112. The number of aliphatic hydroxyl groups is 1. The van der Waals surface area contributed by atoms with Gasteiger partial charge in [0.15, 0.2) is 11.8 Å². The number of aliphatic hydroxyl groups excluding tert-OH is 1. The van der Waals surface area contributed by atoms with Crippen molar-refractivity contribution in [2.45, 2.75) is 31.0 Å². The van der Waals surface area contributed by atoms with E-state index >= 15 is 0 Å². The lowest BCUT2D eigenvalue weighted by atomic mass is 10.0. The molecule has 0 aromatic heterocycles. The van der Waals surface area contributed by atoms with Gasteiger partial charge in [0.1, 0.15) is 6.10 Å². The molecule has 8 heteroatoms. The molecule has 27 heavy (non-hydrogen) atoms. The van der Waals surface area contributed by atoms with Crippen molar-refractivity contribution < 1.29 is 28.6 Å². The summed E-state index contributed by atoms with van der Waals surface area (Å²) in [5.41, 5.74) is -0.345. The van der Waals surface area contributed by atoms with E-state index in [1.165, 1.54) is 7.05 Å². The summed E-state index contributed by atoms with van der Waals surface area (Å²) < 4.78 is 25.0. The molecule has 2 N–H and O–H groups in total. The van der Waals surface area contributed by atoms with Crippen LogP contribution in [0.3, 0.4) is 0 Å². The molecule has 1 heterocycles. The highest BCUT2D eigenvalue weighted by Crippen LogP contribution is 2.33.